The number of carbonyl (C=O) groups is 2. The molecule has 1 atom stereocenters. The lowest BCUT2D eigenvalue weighted by atomic mass is 10.0. The number of nitrogens with zero attached hydrogens (tertiary/aromatic N) is 2. The van der Waals surface area contributed by atoms with E-state index in [2.05, 4.69) is 15.6 Å². The van der Waals surface area contributed by atoms with Gasteiger partial charge in [-0.1, -0.05) is 18.2 Å². The fourth-order valence-electron chi connectivity index (χ4n) is 3.76. The summed E-state index contributed by atoms with van der Waals surface area (Å²) >= 11 is 0. The summed E-state index contributed by atoms with van der Waals surface area (Å²) in [6.07, 6.45) is 1.86. The predicted octanol–water partition coefficient (Wildman–Crippen LogP) is 6.82. The standard InChI is InChI=1S/C30H26FN5O4S/c1-30(2,3)40-29(38)36-26-13-8-22(20-4-9-23(31)10-5-20)15-27(26)35-28(37)21-6-11-24(12-7-21)41(33,39)25-14-19(16-32)17-34-18-25/h4-15,17-18,33H,1-3H3,(H,35,37)(H,36,38). The minimum atomic E-state index is -3.48. The third-order valence-electron chi connectivity index (χ3n) is 5.70. The van der Waals surface area contributed by atoms with E-state index in [1.54, 1.807) is 51.1 Å². The minimum absolute atomic E-state index is 0.0734. The molecule has 0 saturated carbocycles. The number of hydrogen-bond donors (Lipinski definition) is 3. The fourth-order valence-corrected chi connectivity index (χ4v) is 5.05. The van der Waals surface area contributed by atoms with Gasteiger partial charge in [-0.25, -0.2) is 18.2 Å². The molecule has 208 valence electrons. The van der Waals surface area contributed by atoms with E-state index in [1.165, 1.54) is 54.9 Å². The zero-order valence-corrected chi connectivity index (χ0v) is 23.2. The number of anilines is 2. The van der Waals surface area contributed by atoms with Gasteiger partial charge in [0, 0.05) is 18.0 Å². The molecule has 4 aromatic rings. The minimum Gasteiger partial charge on any atom is -0.444 e. The maximum absolute atomic E-state index is 13.5. The first-order valence-electron chi connectivity index (χ1n) is 12.3. The second-order valence-electron chi connectivity index (χ2n) is 9.95. The van der Waals surface area contributed by atoms with Gasteiger partial charge in [0.1, 0.15) is 27.2 Å². The number of halogens is 1. The summed E-state index contributed by atoms with van der Waals surface area (Å²) in [7, 11) is -3.48. The van der Waals surface area contributed by atoms with Gasteiger partial charge in [-0.3, -0.25) is 15.1 Å². The molecule has 0 aliphatic rings. The second-order valence-corrected chi connectivity index (χ2v) is 12.0. The smallest absolute Gasteiger partial charge is 0.412 e. The molecule has 41 heavy (non-hydrogen) atoms. The lowest BCUT2D eigenvalue weighted by Gasteiger charge is -2.21. The Morgan fingerprint density at radius 1 is 0.902 bits per heavy atom. The summed E-state index contributed by atoms with van der Waals surface area (Å²) in [5.41, 5.74) is 1.51. The molecular formula is C30H26FN5O4S. The Bertz CT molecular complexity index is 1760. The number of hydrogen-bond acceptors (Lipinski definition) is 7. The largest absolute Gasteiger partial charge is 0.444 e. The third kappa shape index (κ3) is 7.12. The van der Waals surface area contributed by atoms with Crippen LogP contribution in [0.3, 0.4) is 0 Å². The van der Waals surface area contributed by atoms with Crippen LogP contribution < -0.4 is 10.6 Å². The van der Waals surface area contributed by atoms with Gasteiger partial charge < -0.3 is 10.1 Å². The van der Waals surface area contributed by atoms with Crippen molar-refractivity contribution >= 4 is 33.1 Å². The summed E-state index contributed by atoms with van der Waals surface area (Å²) in [4.78, 5) is 29.8. The Hall–Kier alpha value is -5.08. The Kier molecular flexibility index (Phi) is 8.16. The van der Waals surface area contributed by atoms with Crippen LogP contribution in [-0.4, -0.2) is 26.8 Å². The number of ether oxygens (including phenoxy) is 1. The fraction of sp³-hybridized carbons (Fsp3) is 0.133. The molecule has 3 aromatic carbocycles. The number of pyridine rings is 1. The van der Waals surface area contributed by atoms with E-state index in [0.29, 0.717) is 11.1 Å². The van der Waals surface area contributed by atoms with Crippen molar-refractivity contribution in [3.05, 3.63) is 102 Å². The zero-order chi connectivity index (χ0) is 29.8. The van der Waals surface area contributed by atoms with E-state index < -0.39 is 27.3 Å². The molecule has 9 nitrogen and oxygen atoms in total. The highest BCUT2D eigenvalue weighted by atomic mass is 32.2. The third-order valence-corrected chi connectivity index (χ3v) is 7.53. The molecule has 0 bridgehead atoms. The van der Waals surface area contributed by atoms with Gasteiger partial charge in [-0.2, -0.15) is 5.26 Å². The average molecular weight is 572 g/mol. The van der Waals surface area contributed by atoms with E-state index >= 15 is 0 Å². The number of aromatic nitrogens is 1. The molecule has 0 aliphatic heterocycles. The molecule has 11 heteroatoms. The topological polar surface area (TPSA) is 145 Å². The Morgan fingerprint density at radius 3 is 2.20 bits per heavy atom. The van der Waals surface area contributed by atoms with E-state index in [1.807, 2.05) is 6.07 Å². The average Bonchev–Trinajstić information content (AvgIpc) is 2.93. The Labute approximate surface area is 237 Å². The van der Waals surface area contributed by atoms with E-state index in [-0.39, 0.29) is 38.1 Å². The van der Waals surface area contributed by atoms with Gasteiger partial charge in [-0.05, 0) is 86.5 Å². The second kappa shape index (κ2) is 11.6. The van der Waals surface area contributed by atoms with Crippen LogP contribution in [0.15, 0.2) is 95.0 Å². The summed E-state index contributed by atoms with van der Waals surface area (Å²) in [6, 6.07) is 19.7. The molecule has 0 spiro atoms. The first-order chi connectivity index (χ1) is 19.4. The van der Waals surface area contributed by atoms with Crippen LogP contribution in [0.4, 0.5) is 20.6 Å². The van der Waals surface area contributed by atoms with Crippen molar-refractivity contribution in [3.8, 4) is 17.2 Å². The van der Waals surface area contributed by atoms with E-state index in [9.17, 15) is 18.2 Å². The van der Waals surface area contributed by atoms with Crippen LogP contribution in [0.1, 0.15) is 36.7 Å². The molecule has 0 saturated heterocycles. The van der Waals surface area contributed by atoms with Crippen LogP contribution in [0, 0.1) is 21.9 Å². The number of amides is 2. The lowest BCUT2D eigenvalue weighted by molar-refractivity contribution is 0.0635. The Balaban J connectivity index is 1.62. The molecular weight excluding hydrogens is 545 g/mol. The van der Waals surface area contributed by atoms with Crippen molar-refractivity contribution < 1.29 is 22.9 Å². The van der Waals surface area contributed by atoms with Crippen molar-refractivity contribution in [2.45, 2.75) is 36.2 Å². The highest BCUT2D eigenvalue weighted by Gasteiger charge is 2.20. The van der Waals surface area contributed by atoms with Crippen LogP contribution in [0.2, 0.25) is 0 Å². The van der Waals surface area contributed by atoms with Crippen molar-refractivity contribution in [2.75, 3.05) is 10.6 Å². The van der Waals surface area contributed by atoms with Crippen LogP contribution in [0.5, 0.6) is 0 Å². The first-order valence-corrected chi connectivity index (χ1v) is 13.9. The monoisotopic (exact) mass is 571 g/mol. The van der Waals surface area contributed by atoms with Crippen molar-refractivity contribution in [1.29, 1.82) is 10.0 Å². The Morgan fingerprint density at radius 2 is 1.56 bits per heavy atom. The number of nitriles is 1. The van der Waals surface area contributed by atoms with Gasteiger partial charge in [0.15, 0.2) is 0 Å². The summed E-state index contributed by atoms with van der Waals surface area (Å²) in [5.74, 6) is -0.927. The summed E-state index contributed by atoms with van der Waals surface area (Å²) < 4.78 is 40.4. The normalized spacial score (nSPS) is 12.5. The van der Waals surface area contributed by atoms with Gasteiger partial charge >= 0.3 is 6.09 Å². The van der Waals surface area contributed by atoms with Crippen molar-refractivity contribution in [2.24, 2.45) is 0 Å². The van der Waals surface area contributed by atoms with E-state index in [0.717, 1.165) is 0 Å². The van der Waals surface area contributed by atoms with Crippen molar-refractivity contribution in [3.63, 3.8) is 0 Å². The molecule has 0 aliphatic carbocycles. The highest BCUT2D eigenvalue weighted by Crippen LogP contribution is 2.31. The number of benzene rings is 3. The highest BCUT2D eigenvalue weighted by molar-refractivity contribution is 7.92. The zero-order valence-electron chi connectivity index (χ0n) is 22.4. The maximum atomic E-state index is 13.5. The number of nitrogens with one attached hydrogen (secondary N) is 3. The van der Waals surface area contributed by atoms with Crippen LogP contribution in [0.25, 0.3) is 11.1 Å². The maximum Gasteiger partial charge on any atom is 0.412 e. The molecule has 0 fully saturated rings. The molecule has 1 heterocycles. The summed E-state index contributed by atoms with van der Waals surface area (Å²) in [5, 5.41) is 14.5. The lowest BCUT2D eigenvalue weighted by Crippen LogP contribution is -2.27. The quantitative estimate of drug-likeness (QED) is 0.231. The number of carbonyl (C=O) groups excluding carboxylic acids is 2. The van der Waals surface area contributed by atoms with Crippen LogP contribution >= 0.6 is 0 Å². The molecule has 0 radical (unpaired) electrons. The van der Waals surface area contributed by atoms with Gasteiger partial charge in [0.2, 0.25) is 0 Å². The molecule has 1 unspecified atom stereocenters. The van der Waals surface area contributed by atoms with Crippen molar-refractivity contribution in [1.82, 2.24) is 4.98 Å². The summed E-state index contributed by atoms with van der Waals surface area (Å²) in [6.45, 7) is 5.17. The van der Waals surface area contributed by atoms with Crippen LogP contribution in [-0.2, 0) is 14.5 Å². The first kappa shape index (κ1) is 28.9. The van der Waals surface area contributed by atoms with Gasteiger partial charge in [0.05, 0.1) is 26.7 Å². The van der Waals surface area contributed by atoms with Gasteiger partial charge in [0.25, 0.3) is 5.91 Å². The number of rotatable bonds is 6. The molecule has 4 rings (SSSR count). The van der Waals surface area contributed by atoms with E-state index in [4.69, 9.17) is 14.8 Å². The molecule has 1 aromatic heterocycles. The molecule has 2 amide bonds. The molecule has 3 N–H and O–H groups in total. The van der Waals surface area contributed by atoms with Gasteiger partial charge in [-0.15, -0.1) is 0 Å². The SMILES string of the molecule is CC(C)(C)OC(=O)Nc1ccc(-c2ccc(F)cc2)cc1NC(=O)c1ccc(S(=N)(=O)c2cncc(C#N)c2)cc1. The predicted molar refractivity (Wildman–Crippen MR) is 152 cm³/mol.